The number of benzene rings is 1. The van der Waals surface area contributed by atoms with Crippen molar-refractivity contribution in [1.29, 1.82) is 0 Å². The molecule has 0 saturated carbocycles. The van der Waals surface area contributed by atoms with Gasteiger partial charge in [0.2, 0.25) is 0 Å². The molecule has 108 valence electrons. The molecule has 0 amide bonds. The molecule has 1 fully saturated rings. The van der Waals surface area contributed by atoms with E-state index in [-0.39, 0.29) is 18.2 Å². The van der Waals surface area contributed by atoms with Crippen LogP contribution in [-0.2, 0) is 6.54 Å². The van der Waals surface area contributed by atoms with E-state index in [1.54, 1.807) is 6.07 Å². The van der Waals surface area contributed by atoms with Crippen molar-refractivity contribution >= 4 is 24.0 Å². The summed E-state index contributed by atoms with van der Waals surface area (Å²) in [4.78, 5) is 2.27. The molecule has 5 heteroatoms. The summed E-state index contributed by atoms with van der Waals surface area (Å²) in [5, 5.41) is 3.89. The Balaban J connectivity index is 0.00000180. The maximum absolute atomic E-state index is 13.0. The fraction of sp³-hybridized carbons (Fsp3) is 0.571. The first-order chi connectivity index (χ1) is 8.65. The van der Waals surface area contributed by atoms with E-state index in [4.69, 9.17) is 11.6 Å². The summed E-state index contributed by atoms with van der Waals surface area (Å²) in [6.07, 6.45) is 2.48. The number of hydrogen-bond acceptors (Lipinski definition) is 2. The minimum atomic E-state index is -0.273. The lowest BCUT2D eigenvalue weighted by molar-refractivity contribution is 0.234. The summed E-state index contributed by atoms with van der Waals surface area (Å²) in [7, 11) is 2.10. The third-order valence-corrected chi connectivity index (χ3v) is 3.84. The fourth-order valence-corrected chi connectivity index (χ4v) is 2.74. The van der Waals surface area contributed by atoms with Crippen LogP contribution < -0.4 is 5.32 Å². The van der Waals surface area contributed by atoms with Crippen molar-refractivity contribution in [1.82, 2.24) is 10.2 Å². The monoisotopic (exact) mass is 306 g/mol. The highest BCUT2D eigenvalue weighted by Gasteiger charge is 2.15. The first-order valence-corrected chi connectivity index (χ1v) is 6.86. The summed E-state index contributed by atoms with van der Waals surface area (Å²) < 4.78 is 13.0. The van der Waals surface area contributed by atoms with Gasteiger partial charge in [0.05, 0.1) is 0 Å². The first-order valence-electron chi connectivity index (χ1n) is 6.48. The molecule has 0 atom stereocenters. The number of rotatable bonds is 4. The fourth-order valence-electron chi connectivity index (χ4n) is 2.51. The summed E-state index contributed by atoms with van der Waals surface area (Å²) in [5.41, 5.74) is 0.995. The van der Waals surface area contributed by atoms with Gasteiger partial charge in [0.1, 0.15) is 5.82 Å². The lowest BCUT2D eigenvalue weighted by atomic mass is 9.97. The van der Waals surface area contributed by atoms with Gasteiger partial charge in [-0.05, 0) is 56.6 Å². The molecule has 0 bridgehead atoms. The van der Waals surface area contributed by atoms with Gasteiger partial charge in [0.25, 0.3) is 0 Å². The van der Waals surface area contributed by atoms with Crippen LogP contribution in [0.5, 0.6) is 0 Å². The van der Waals surface area contributed by atoms with Crippen LogP contribution in [0.1, 0.15) is 18.4 Å². The van der Waals surface area contributed by atoms with E-state index in [1.165, 1.54) is 25.0 Å². The standard InChI is InChI=1S/C14H20ClFN2.ClH/c1-18(9-11-4-6-17-7-5-11)10-12-2-3-13(16)8-14(12)15;/h2-3,8,11,17H,4-7,9-10H2,1H3;1H. The van der Waals surface area contributed by atoms with Gasteiger partial charge in [-0.2, -0.15) is 0 Å². The molecule has 1 aromatic carbocycles. The summed E-state index contributed by atoms with van der Waals surface area (Å²) in [5.74, 6) is 0.486. The zero-order valence-corrected chi connectivity index (χ0v) is 12.7. The van der Waals surface area contributed by atoms with E-state index >= 15 is 0 Å². The van der Waals surface area contributed by atoms with E-state index in [2.05, 4.69) is 17.3 Å². The SMILES string of the molecule is CN(Cc1ccc(F)cc1Cl)CC1CCNCC1.Cl. The molecular formula is C14H21Cl2FN2. The summed E-state index contributed by atoms with van der Waals surface area (Å²) in [6, 6.07) is 4.63. The average molecular weight is 307 g/mol. The second-order valence-electron chi connectivity index (χ2n) is 5.13. The highest BCUT2D eigenvalue weighted by molar-refractivity contribution is 6.31. The third kappa shape index (κ3) is 5.27. The second kappa shape index (κ2) is 8.05. The Bertz CT molecular complexity index is 395. The topological polar surface area (TPSA) is 15.3 Å². The predicted molar refractivity (Wildman–Crippen MR) is 80.6 cm³/mol. The highest BCUT2D eigenvalue weighted by Crippen LogP contribution is 2.20. The molecule has 1 N–H and O–H groups in total. The minimum absolute atomic E-state index is 0. The van der Waals surface area contributed by atoms with Gasteiger partial charge in [0.15, 0.2) is 0 Å². The molecule has 0 unspecified atom stereocenters. The van der Waals surface area contributed by atoms with Crippen LogP contribution >= 0.6 is 24.0 Å². The Morgan fingerprint density at radius 2 is 2.05 bits per heavy atom. The molecule has 19 heavy (non-hydrogen) atoms. The smallest absolute Gasteiger partial charge is 0.124 e. The maximum atomic E-state index is 13.0. The molecule has 1 aromatic rings. The highest BCUT2D eigenvalue weighted by atomic mass is 35.5. The Labute approximate surface area is 125 Å². The average Bonchev–Trinajstić information content (AvgIpc) is 2.34. The van der Waals surface area contributed by atoms with Gasteiger partial charge in [-0.3, -0.25) is 0 Å². The molecule has 2 nitrogen and oxygen atoms in total. The van der Waals surface area contributed by atoms with Gasteiger partial charge in [0, 0.05) is 18.1 Å². The quantitative estimate of drug-likeness (QED) is 0.918. The maximum Gasteiger partial charge on any atom is 0.124 e. The molecule has 1 aliphatic heterocycles. The molecule has 1 aliphatic rings. The minimum Gasteiger partial charge on any atom is -0.317 e. The van der Waals surface area contributed by atoms with Gasteiger partial charge >= 0.3 is 0 Å². The van der Waals surface area contributed by atoms with E-state index in [9.17, 15) is 4.39 Å². The van der Waals surface area contributed by atoms with E-state index in [0.717, 1.165) is 37.7 Å². The van der Waals surface area contributed by atoms with Crippen LogP contribution in [0, 0.1) is 11.7 Å². The van der Waals surface area contributed by atoms with Crippen molar-refractivity contribution in [3.63, 3.8) is 0 Å². The van der Waals surface area contributed by atoms with Crippen LogP contribution in [-0.4, -0.2) is 31.6 Å². The van der Waals surface area contributed by atoms with E-state index in [0.29, 0.717) is 5.02 Å². The lowest BCUT2D eigenvalue weighted by Crippen LogP contribution is -2.34. The van der Waals surface area contributed by atoms with E-state index < -0.39 is 0 Å². The third-order valence-electron chi connectivity index (χ3n) is 3.48. The largest absolute Gasteiger partial charge is 0.317 e. The summed E-state index contributed by atoms with van der Waals surface area (Å²) in [6.45, 7) is 4.10. The molecule has 1 heterocycles. The molecule has 0 aliphatic carbocycles. The van der Waals surface area contributed by atoms with Crippen molar-refractivity contribution in [2.24, 2.45) is 5.92 Å². The Kier molecular flexibility index (Phi) is 7.08. The Hall–Kier alpha value is -0.350. The zero-order chi connectivity index (χ0) is 13.0. The molecule has 2 rings (SSSR count). The van der Waals surface area contributed by atoms with Gasteiger partial charge < -0.3 is 10.2 Å². The number of nitrogens with one attached hydrogen (secondary N) is 1. The van der Waals surface area contributed by atoms with E-state index in [1.807, 2.05) is 0 Å². The Morgan fingerprint density at radius 1 is 1.37 bits per heavy atom. The lowest BCUT2D eigenvalue weighted by Gasteiger charge is -2.27. The number of nitrogens with zero attached hydrogens (tertiary/aromatic N) is 1. The molecule has 0 radical (unpaired) electrons. The van der Waals surface area contributed by atoms with Crippen molar-refractivity contribution in [3.8, 4) is 0 Å². The normalized spacial score (nSPS) is 16.4. The number of halogens is 3. The van der Waals surface area contributed by atoms with Crippen LogP contribution in [0.25, 0.3) is 0 Å². The van der Waals surface area contributed by atoms with Gasteiger partial charge in [-0.1, -0.05) is 17.7 Å². The Morgan fingerprint density at radius 3 is 2.68 bits per heavy atom. The van der Waals surface area contributed by atoms with Crippen molar-refractivity contribution < 1.29 is 4.39 Å². The summed E-state index contributed by atoms with van der Waals surface area (Å²) >= 11 is 6.04. The number of piperidine rings is 1. The second-order valence-corrected chi connectivity index (χ2v) is 5.53. The van der Waals surface area contributed by atoms with Crippen LogP contribution in [0.3, 0.4) is 0 Å². The van der Waals surface area contributed by atoms with Gasteiger partial charge in [-0.25, -0.2) is 4.39 Å². The predicted octanol–water partition coefficient (Wildman–Crippen LogP) is 3.33. The van der Waals surface area contributed by atoms with Crippen molar-refractivity contribution in [2.75, 3.05) is 26.7 Å². The molecule has 0 spiro atoms. The molecular weight excluding hydrogens is 286 g/mol. The van der Waals surface area contributed by atoms with Crippen LogP contribution in [0.4, 0.5) is 4.39 Å². The molecule has 1 saturated heterocycles. The van der Waals surface area contributed by atoms with Crippen LogP contribution in [0.2, 0.25) is 5.02 Å². The molecule has 0 aromatic heterocycles. The zero-order valence-electron chi connectivity index (χ0n) is 11.2. The van der Waals surface area contributed by atoms with Crippen molar-refractivity contribution in [3.05, 3.63) is 34.6 Å². The number of hydrogen-bond donors (Lipinski definition) is 1. The first kappa shape index (κ1) is 16.7. The van der Waals surface area contributed by atoms with Crippen LogP contribution in [0.15, 0.2) is 18.2 Å². The van der Waals surface area contributed by atoms with Crippen molar-refractivity contribution in [2.45, 2.75) is 19.4 Å². The van der Waals surface area contributed by atoms with Gasteiger partial charge in [-0.15, -0.1) is 12.4 Å².